The summed E-state index contributed by atoms with van der Waals surface area (Å²) >= 11 is 5.78. The fraction of sp³-hybridized carbons (Fsp3) is 0. The van der Waals surface area contributed by atoms with Gasteiger partial charge in [0.2, 0.25) is 0 Å². The van der Waals surface area contributed by atoms with Gasteiger partial charge in [0.25, 0.3) is 0 Å². The van der Waals surface area contributed by atoms with Gasteiger partial charge in [-0.25, -0.2) is 0 Å². The summed E-state index contributed by atoms with van der Waals surface area (Å²) in [6.45, 7) is 3.55. The number of carbonyl (C=O) groups is 1. The van der Waals surface area contributed by atoms with Gasteiger partial charge >= 0.3 is 0 Å². The molecule has 11 heavy (non-hydrogen) atoms. The maximum atomic E-state index is 10.3. The van der Waals surface area contributed by atoms with Crippen LogP contribution in [-0.2, 0) is 4.79 Å². The van der Waals surface area contributed by atoms with Gasteiger partial charge in [-0.3, -0.25) is 4.79 Å². The maximum Gasteiger partial charge on any atom is 0.150 e. The van der Waals surface area contributed by atoms with E-state index < -0.39 is 0 Å². The quantitative estimate of drug-likeness (QED) is 0.488. The van der Waals surface area contributed by atoms with E-state index in [9.17, 15) is 4.79 Å². The Hall–Kier alpha value is -1.08. The third-order valence-electron chi connectivity index (χ3n) is 1.36. The first-order chi connectivity index (χ1) is 5.25. The lowest BCUT2D eigenvalue weighted by Gasteiger charge is -1.99. The molecule has 1 rings (SSSR count). The zero-order valence-corrected chi connectivity index (χ0v) is 6.64. The highest BCUT2D eigenvalue weighted by Gasteiger charge is 2.00. The first-order valence-corrected chi connectivity index (χ1v) is 3.52. The molecule has 0 fully saturated rings. The lowest BCUT2D eigenvalue weighted by atomic mass is 10.1. The number of carbonyl (C=O) groups excluding carboxylic acids is 1. The van der Waals surface area contributed by atoms with Crippen LogP contribution < -0.4 is 0 Å². The first kappa shape index (κ1) is 8.02. The minimum atomic E-state index is 0.413. The van der Waals surface area contributed by atoms with Gasteiger partial charge in [-0.15, -0.1) is 0 Å². The molecular weight excluding hydrogens is 160 g/mol. The van der Waals surface area contributed by atoms with Crippen molar-refractivity contribution in [2.24, 2.45) is 0 Å². The monoisotopic (exact) mass is 166 g/mol. The van der Waals surface area contributed by atoms with Crippen LogP contribution in [0.25, 0.3) is 5.57 Å². The fourth-order valence-electron chi connectivity index (χ4n) is 0.785. The smallest absolute Gasteiger partial charge is 0.150 e. The molecule has 0 unspecified atom stereocenters. The Morgan fingerprint density at radius 2 is 2.09 bits per heavy atom. The van der Waals surface area contributed by atoms with E-state index in [-0.39, 0.29) is 0 Å². The first-order valence-electron chi connectivity index (χ1n) is 3.14. The largest absolute Gasteiger partial charge is 0.298 e. The van der Waals surface area contributed by atoms with Gasteiger partial charge in [0.05, 0.1) is 0 Å². The molecular formula is C9H7ClO. The molecule has 0 saturated carbocycles. The third kappa shape index (κ3) is 1.69. The Labute approximate surface area is 70.3 Å². The van der Waals surface area contributed by atoms with Crippen molar-refractivity contribution in [3.8, 4) is 0 Å². The molecule has 0 spiro atoms. The van der Waals surface area contributed by atoms with Crippen LogP contribution in [0, 0.1) is 0 Å². The minimum Gasteiger partial charge on any atom is -0.298 e. The Morgan fingerprint density at radius 1 is 1.45 bits per heavy atom. The number of hydrogen-bond donors (Lipinski definition) is 0. The van der Waals surface area contributed by atoms with Crippen LogP contribution in [0.3, 0.4) is 0 Å². The second-order valence-electron chi connectivity index (χ2n) is 2.12. The molecule has 0 aliphatic carbocycles. The minimum absolute atomic E-state index is 0.413. The summed E-state index contributed by atoms with van der Waals surface area (Å²) in [5.74, 6) is 0. The number of rotatable bonds is 2. The van der Waals surface area contributed by atoms with Crippen LogP contribution in [-0.4, -0.2) is 6.29 Å². The molecule has 0 radical (unpaired) electrons. The molecule has 0 aliphatic heterocycles. The molecule has 2 heteroatoms. The van der Waals surface area contributed by atoms with Crippen LogP contribution >= 0.6 is 11.6 Å². The van der Waals surface area contributed by atoms with Gasteiger partial charge in [0.15, 0.2) is 0 Å². The molecule has 0 aliphatic rings. The van der Waals surface area contributed by atoms with Gasteiger partial charge in [-0.1, -0.05) is 36.4 Å². The number of benzene rings is 1. The van der Waals surface area contributed by atoms with E-state index in [0.717, 1.165) is 0 Å². The predicted molar refractivity (Wildman–Crippen MR) is 46.6 cm³/mol. The molecule has 0 heterocycles. The number of allylic oxidation sites excluding steroid dienone is 1. The zero-order valence-electron chi connectivity index (χ0n) is 5.88. The third-order valence-corrected chi connectivity index (χ3v) is 1.69. The fourth-order valence-corrected chi connectivity index (χ4v) is 1.04. The van der Waals surface area contributed by atoms with Crippen molar-refractivity contribution < 1.29 is 4.79 Å². The Balaban J connectivity index is 3.13. The topological polar surface area (TPSA) is 17.1 Å². The van der Waals surface area contributed by atoms with Gasteiger partial charge < -0.3 is 0 Å². The second kappa shape index (κ2) is 3.35. The summed E-state index contributed by atoms with van der Waals surface area (Å²) in [4.78, 5) is 10.3. The van der Waals surface area contributed by atoms with Gasteiger partial charge in [-0.2, -0.15) is 0 Å². The summed E-state index contributed by atoms with van der Waals surface area (Å²) in [6, 6.07) is 7.12. The van der Waals surface area contributed by atoms with E-state index >= 15 is 0 Å². The summed E-state index contributed by atoms with van der Waals surface area (Å²) in [5.41, 5.74) is 1.11. The van der Waals surface area contributed by atoms with E-state index in [1.54, 1.807) is 12.1 Å². The van der Waals surface area contributed by atoms with Gasteiger partial charge in [0, 0.05) is 16.2 Å². The van der Waals surface area contributed by atoms with E-state index in [1.807, 2.05) is 12.1 Å². The van der Waals surface area contributed by atoms with Crippen molar-refractivity contribution in [2.45, 2.75) is 0 Å². The van der Waals surface area contributed by atoms with Crippen LogP contribution in [0.15, 0.2) is 30.8 Å². The van der Waals surface area contributed by atoms with Gasteiger partial charge in [-0.05, 0) is 6.07 Å². The van der Waals surface area contributed by atoms with E-state index in [1.165, 1.54) is 0 Å². The lowest BCUT2D eigenvalue weighted by Crippen LogP contribution is -1.83. The van der Waals surface area contributed by atoms with Crippen LogP contribution in [0.2, 0.25) is 5.02 Å². The van der Waals surface area contributed by atoms with Crippen molar-refractivity contribution in [1.82, 2.24) is 0 Å². The van der Waals surface area contributed by atoms with E-state index in [2.05, 4.69) is 6.58 Å². The zero-order chi connectivity index (χ0) is 8.27. The molecule has 0 atom stereocenters. The number of halogens is 1. The average Bonchev–Trinajstić information content (AvgIpc) is 2.04. The predicted octanol–water partition coefficient (Wildman–Crippen LogP) is 2.55. The summed E-state index contributed by atoms with van der Waals surface area (Å²) < 4.78 is 0. The van der Waals surface area contributed by atoms with Crippen LogP contribution in [0.4, 0.5) is 0 Å². The van der Waals surface area contributed by atoms with Crippen molar-refractivity contribution in [3.05, 3.63) is 41.4 Å². The second-order valence-corrected chi connectivity index (χ2v) is 2.53. The molecule has 1 nitrogen and oxygen atoms in total. The Kier molecular flexibility index (Phi) is 2.44. The summed E-state index contributed by atoms with van der Waals surface area (Å²) in [6.07, 6.45) is 0.696. The molecule has 56 valence electrons. The SMILES string of the molecule is C=C(C=O)c1ccccc1Cl. The lowest BCUT2D eigenvalue weighted by molar-refractivity contribution is -0.103. The van der Waals surface area contributed by atoms with Crippen molar-refractivity contribution in [3.63, 3.8) is 0 Å². The Bertz CT molecular complexity index is 291. The van der Waals surface area contributed by atoms with Crippen LogP contribution in [0.5, 0.6) is 0 Å². The molecule has 0 saturated heterocycles. The maximum absolute atomic E-state index is 10.3. The number of aldehydes is 1. The van der Waals surface area contributed by atoms with Gasteiger partial charge in [0.1, 0.15) is 6.29 Å². The van der Waals surface area contributed by atoms with Crippen molar-refractivity contribution in [2.75, 3.05) is 0 Å². The highest BCUT2D eigenvalue weighted by atomic mass is 35.5. The average molecular weight is 167 g/mol. The highest BCUT2D eigenvalue weighted by Crippen LogP contribution is 2.20. The molecule has 0 bridgehead atoms. The molecule has 0 aromatic heterocycles. The Morgan fingerprint density at radius 3 is 2.64 bits per heavy atom. The number of hydrogen-bond acceptors (Lipinski definition) is 1. The van der Waals surface area contributed by atoms with E-state index in [4.69, 9.17) is 11.6 Å². The highest BCUT2D eigenvalue weighted by molar-refractivity contribution is 6.33. The summed E-state index contributed by atoms with van der Waals surface area (Å²) in [7, 11) is 0. The summed E-state index contributed by atoms with van der Waals surface area (Å²) in [5, 5.41) is 0.560. The van der Waals surface area contributed by atoms with E-state index in [0.29, 0.717) is 22.4 Å². The van der Waals surface area contributed by atoms with Crippen molar-refractivity contribution in [1.29, 1.82) is 0 Å². The van der Waals surface area contributed by atoms with Crippen molar-refractivity contribution >= 4 is 23.5 Å². The normalized spacial score (nSPS) is 9.18. The standard InChI is InChI=1S/C9H7ClO/c1-7(6-11)8-4-2-3-5-9(8)10/h2-6H,1H2. The molecule has 1 aromatic rings. The molecule has 1 aromatic carbocycles. The van der Waals surface area contributed by atoms with Crippen LogP contribution in [0.1, 0.15) is 5.56 Å². The molecule has 0 N–H and O–H groups in total. The molecule has 0 amide bonds.